The lowest BCUT2D eigenvalue weighted by molar-refractivity contribution is 0.353. The highest BCUT2D eigenvalue weighted by Crippen LogP contribution is 2.48. The fourth-order valence-corrected chi connectivity index (χ4v) is 2.75. The highest BCUT2D eigenvalue weighted by molar-refractivity contribution is 5.52. The summed E-state index contributed by atoms with van der Waals surface area (Å²) in [7, 11) is 3.37. The van der Waals surface area contributed by atoms with Gasteiger partial charge in [-0.3, -0.25) is 0 Å². The van der Waals surface area contributed by atoms with Gasteiger partial charge in [0.1, 0.15) is 0 Å². The molecule has 1 aromatic rings. The normalized spacial score (nSPS) is 26.5. The summed E-state index contributed by atoms with van der Waals surface area (Å²) in [5.74, 6) is 1.68. The van der Waals surface area contributed by atoms with Gasteiger partial charge in [0.2, 0.25) is 0 Å². The van der Waals surface area contributed by atoms with Crippen LogP contribution >= 0.6 is 0 Å². The van der Waals surface area contributed by atoms with Crippen LogP contribution in [0.1, 0.15) is 36.1 Å². The van der Waals surface area contributed by atoms with E-state index in [9.17, 15) is 0 Å². The summed E-state index contributed by atoms with van der Waals surface area (Å²) in [5, 5.41) is 3.58. The number of methoxy groups -OCH3 is 2. The maximum Gasteiger partial charge on any atom is 0.161 e. The van der Waals surface area contributed by atoms with E-state index < -0.39 is 0 Å². The molecule has 0 aliphatic carbocycles. The molecule has 3 nitrogen and oxygen atoms in total. The van der Waals surface area contributed by atoms with E-state index in [0.717, 1.165) is 11.5 Å². The first-order valence-electron chi connectivity index (χ1n) is 5.35. The van der Waals surface area contributed by atoms with E-state index in [4.69, 9.17) is 9.47 Å². The molecule has 2 aliphatic heterocycles. The van der Waals surface area contributed by atoms with Gasteiger partial charge in [-0.15, -0.1) is 0 Å². The minimum atomic E-state index is 0.532. The van der Waals surface area contributed by atoms with E-state index >= 15 is 0 Å². The lowest BCUT2D eigenvalue weighted by Gasteiger charge is -2.16. The van der Waals surface area contributed by atoms with Gasteiger partial charge in [0, 0.05) is 12.1 Å². The Morgan fingerprint density at radius 2 is 1.47 bits per heavy atom. The van der Waals surface area contributed by atoms with E-state index in [2.05, 4.69) is 17.4 Å². The highest BCUT2D eigenvalue weighted by Gasteiger charge is 2.37. The zero-order valence-corrected chi connectivity index (χ0v) is 9.04. The van der Waals surface area contributed by atoms with Crippen molar-refractivity contribution in [3.8, 4) is 11.5 Å². The number of fused-ring (bicyclic) bond motifs is 5. The van der Waals surface area contributed by atoms with Crippen LogP contribution in [0.3, 0.4) is 0 Å². The van der Waals surface area contributed by atoms with Gasteiger partial charge in [0.05, 0.1) is 14.2 Å². The first kappa shape index (κ1) is 9.04. The smallest absolute Gasteiger partial charge is 0.161 e. The van der Waals surface area contributed by atoms with Crippen LogP contribution in [-0.2, 0) is 0 Å². The Morgan fingerprint density at radius 3 is 1.87 bits per heavy atom. The van der Waals surface area contributed by atoms with Gasteiger partial charge in [-0.05, 0) is 36.1 Å². The summed E-state index contributed by atoms with van der Waals surface area (Å²) < 4.78 is 10.6. The zero-order chi connectivity index (χ0) is 10.4. The average molecular weight is 205 g/mol. The van der Waals surface area contributed by atoms with Gasteiger partial charge in [-0.25, -0.2) is 0 Å². The summed E-state index contributed by atoms with van der Waals surface area (Å²) in [6.45, 7) is 0. The van der Waals surface area contributed by atoms with E-state index in [1.54, 1.807) is 14.2 Å². The first-order valence-corrected chi connectivity index (χ1v) is 5.35. The van der Waals surface area contributed by atoms with Crippen molar-refractivity contribution < 1.29 is 9.47 Å². The van der Waals surface area contributed by atoms with Gasteiger partial charge >= 0.3 is 0 Å². The topological polar surface area (TPSA) is 30.5 Å². The Kier molecular flexibility index (Phi) is 1.89. The Bertz CT molecular complexity index is 366. The minimum absolute atomic E-state index is 0.532. The Hall–Kier alpha value is -1.22. The molecule has 2 heterocycles. The molecule has 2 bridgehead atoms. The molecular weight excluding hydrogens is 190 g/mol. The fourth-order valence-electron chi connectivity index (χ4n) is 2.75. The second kappa shape index (κ2) is 3.14. The molecule has 15 heavy (non-hydrogen) atoms. The monoisotopic (exact) mass is 205 g/mol. The van der Waals surface area contributed by atoms with Crippen molar-refractivity contribution in [3.63, 3.8) is 0 Å². The Balaban J connectivity index is 2.13. The van der Waals surface area contributed by atoms with Gasteiger partial charge < -0.3 is 14.8 Å². The molecule has 0 aromatic heterocycles. The summed E-state index contributed by atoms with van der Waals surface area (Å²) in [6.07, 6.45) is 2.49. The van der Waals surface area contributed by atoms with Crippen LogP contribution in [0, 0.1) is 0 Å². The molecule has 2 unspecified atom stereocenters. The molecule has 1 aromatic carbocycles. The number of hydrogen-bond donors (Lipinski definition) is 1. The Labute approximate surface area is 89.4 Å². The second-order valence-corrected chi connectivity index (χ2v) is 4.19. The van der Waals surface area contributed by atoms with Gasteiger partial charge in [0.25, 0.3) is 0 Å². The molecule has 1 N–H and O–H groups in total. The lowest BCUT2D eigenvalue weighted by Crippen LogP contribution is -2.05. The van der Waals surface area contributed by atoms with Crippen LogP contribution in [0.25, 0.3) is 0 Å². The SMILES string of the molecule is COc1cc2c(cc1OC)C1CCC2N1. The summed E-state index contributed by atoms with van der Waals surface area (Å²) >= 11 is 0. The van der Waals surface area contributed by atoms with Gasteiger partial charge in [-0.1, -0.05) is 0 Å². The highest BCUT2D eigenvalue weighted by atomic mass is 16.5. The van der Waals surface area contributed by atoms with E-state index in [1.807, 2.05) is 0 Å². The summed E-state index contributed by atoms with van der Waals surface area (Å²) in [4.78, 5) is 0. The third-order valence-corrected chi connectivity index (χ3v) is 3.49. The van der Waals surface area contributed by atoms with Crippen LogP contribution in [0.5, 0.6) is 11.5 Å². The van der Waals surface area contributed by atoms with Gasteiger partial charge in [-0.2, -0.15) is 0 Å². The molecule has 2 atom stereocenters. The number of ether oxygens (including phenoxy) is 2. The van der Waals surface area contributed by atoms with Crippen LogP contribution in [-0.4, -0.2) is 14.2 Å². The van der Waals surface area contributed by atoms with Crippen LogP contribution in [0.2, 0.25) is 0 Å². The molecule has 80 valence electrons. The summed E-state index contributed by atoms with van der Waals surface area (Å²) in [6, 6.07) is 5.30. The fraction of sp³-hybridized carbons (Fsp3) is 0.500. The van der Waals surface area contributed by atoms with Crippen molar-refractivity contribution in [1.29, 1.82) is 0 Å². The molecule has 1 fully saturated rings. The first-order chi connectivity index (χ1) is 7.33. The van der Waals surface area contributed by atoms with Crippen molar-refractivity contribution in [2.24, 2.45) is 0 Å². The number of nitrogens with one attached hydrogen (secondary N) is 1. The number of benzene rings is 1. The predicted octanol–water partition coefficient (Wildman–Crippen LogP) is 2.18. The van der Waals surface area contributed by atoms with Crippen molar-refractivity contribution in [2.75, 3.05) is 14.2 Å². The number of hydrogen-bond acceptors (Lipinski definition) is 3. The predicted molar refractivity (Wildman–Crippen MR) is 57.4 cm³/mol. The Morgan fingerprint density at radius 1 is 1.00 bits per heavy atom. The van der Waals surface area contributed by atoms with Crippen LogP contribution in [0.15, 0.2) is 12.1 Å². The van der Waals surface area contributed by atoms with Crippen LogP contribution in [0.4, 0.5) is 0 Å². The maximum atomic E-state index is 5.32. The maximum absolute atomic E-state index is 5.32. The standard InChI is InChI=1S/C12H15NO2/c1-14-11-5-7-8(6-12(11)15-2)10-4-3-9(7)13-10/h5-6,9-10,13H,3-4H2,1-2H3. The molecule has 0 radical (unpaired) electrons. The third kappa shape index (κ3) is 1.16. The molecule has 2 aliphatic rings. The molecular formula is C12H15NO2. The molecule has 0 spiro atoms. The van der Waals surface area contributed by atoms with E-state index in [0.29, 0.717) is 12.1 Å². The molecule has 3 rings (SSSR count). The quantitative estimate of drug-likeness (QED) is 0.802. The van der Waals surface area contributed by atoms with Crippen LogP contribution < -0.4 is 14.8 Å². The molecule has 3 heteroatoms. The minimum Gasteiger partial charge on any atom is -0.493 e. The van der Waals surface area contributed by atoms with Gasteiger partial charge in [0.15, 0.2) is 11.5 Å². The average Bonchev–Trinajstić information content (AvgIpc) is 2.88. The lowest BCUT2D eigenvalue weighted by atomic mass is 9.91. The second-order valence-electron chi connectivity index (χ2n) is 4.19. The van der Waals surface area contributed by atoms with E-state index in [-0.39, 0.29) is 0 Å². The summed E-state index contributed by atoms with van der Waals surface area (Å²) in [5.41, 5.74) is 2.78. The zero-order valence-electron chi connectivity index (χ0n) is 9.04. The molecule has 0 amide bonds. The molecule has 0 saturated carbocycles. The largest absolute Gasteiger partial charge is 0.493 e. The van der Waals surface area contributed by atoms with Crippen molar-refractivity contribution in [3.05, 3.63) is 23.3 Å². The molecule has 1 saturated heterocycles. The van der Waals surface area contributed by atoms with Crippen molar-refractivity contribution >= 4 is 0 Å². The van der Waals surface area contributed by atoms with Crippen molar-refractivity contribution in [2.45, 2.75) is 24.9 Å². The van der Waals surface area contributed by atoms with Crippen molar-refractivity contribution in [1.82, 2.24) is 5.32 Å². The number of rotatable bonds is 2. The van der Waals surface area contributed by atoms with E-state index in [1.165, 1.54) is 24.0 Å². The third-order valence-electron chi connectivity index (χ3n) is 3.49.